The minimum atomic E-state index is -1.18. The maximum absolute atomic E-state index is 12.7. The van der Waals surface area contributed by atoms with Gasteiger partial charge in [-0.15, -0.1) is 0 Å². The van der Waals surface area contributed by atoms with Gasteiger partial charge in [-0.25, -0.2) is 0 Å². The smallest absolute Gasteiger partial charge is 0.239 e. The van der Waals surface area contributed by atoms with Crippen molar-refractivity contribution < 1.29 is 14.3 Å². The van der Waals surface area contributed by atoms with Gasteiger partial charge in [-0.1, -0.05) is 43.3 Å². The van der Waals surface area contributed by atoms with Crippen LogP contribution in [0.4, 0.5) is 5.69 Å². The highest BCUT2D eigenvalue weighted by Gasteiger charge is 2.36. The molecule has 5 heteroatoms. The van der Waals surface area contributed by atoms with Crippen LogP contribution in [0.15, 0.2) is 48.5 Å². The molecule has 0 atom stereocenters. The van der Waals surface area contributed by atoms with Gasteiger partial charge in [0.25, 0.3) is 0 Å². The average Bonchev–Trinajstić information content (AvgIpc) is 2.68. The summed E-state index contributed by atoms with van der Waals surface area (Å²) in [5.74, 6) is 0.169. The average molecular weight is 368 g/mol. The van der Waals surface area contributed by atoms with Gasteiger partial charge in [0, 0.05) is 12.2 Å². The molecule has 2 aromatic carbocycles. The normalized spacial score (nSPS) is 11.0. The van der Waals surface area contributed by atoms with Crippen molar-refractivity contribution in [1.82, 2.24) is 5.32 Å². The van der Waals surface area contributed by atoms with Gasteiger partial charge in [0.2, 0.25) is 11.8 Å². The van der Waals surface area contributed by atoms with Gasteiger partial charge in [0.15, 0.2) is 0 Å². The first-order valence-electron chi connectivity index (χ1n) is 9.19. The van der Waals surface area contributed by atoms with Gasteiger partial charge in [-0.3, -0.25) is 9.59 Å². The van der Waals surface area contributed by atoms with E-state index in [4.69, 9.17) is 4.74 Å². The van der Waals surface area contributed by atoms with Gasteiger partial charge < -0.3 is 15.4 Å². The van der Waals surface area contributed by atoms with Crippen LogP contribution < -0.4 is 15.4 Å². The van der Waals surface area contributed by atoms with E-state index in [0.717, 1.165) is 29.0 Å². The fourth-order valence-corrected chi connectivity index (χ4v) is 2.77. The summed E-state index contributed by atoms with van der Waals surface area (Å²) in [6.07, 6.45) is 1.44. The summed E-state index contributed by atoms with van der Waals surface area (Å²) >= 11 is 0. The molecule has 0 spiro atoms. The Morgan fingerprint density at radius 1 is 0.963 bits per heavy atom. The number of aryl methyl sites for hydroxylation is 1. The minimum Gasteiger partial charge on any atom is -0.496 e. The molecule has 0 unspecified atom stereocenters. The molecule has 0 fully saturated rings. The lowest BCUT2D eigenvalue weighted by atomic mass is 9.90. The highest BCUT2D eigenvalue weighted by atomic mass is 16.5. The summed E-state index contributed by atoms with van der Waals surface area (Å²) in [6.45, 7) is 5.73. The first-order chi connectivity index (χ1) is 12.9. The molecule has 0 saturated carbocycles. The lowest BCUT2D eigenvalue weighted by Crippen LogP contribution is -2.45. The number of carbonyl (C=O) groups excluding carboxylic acids is 2. The summed E-state index contributed by atoms with van der Waals surface area (Å²) in [5.41, 5.74) is 1.62. The van der Waals surface area contributed by atoms with Crippen LogP contribution in [0.25, 0.3) is 0 Å². The molecule has 2 N–H and O–H groups in total. The van der Waals surface area contributed by atoms with Crippen LogP contribution in [0.5, 0.6) is 5.75 Å². The molecule has 0 radical (unpaired) electrons. The third kappa shape index (κ3) is 5.09. The lowest BCUT2D eigenvalue weighted by Gasteiger charge is -2.23. The van der Waals surface area contributed by atoms with Crippen LogP contribution in [0, 0.1) is 5.41 Å². The predicted octanol–water partition coefficient (Wildman–Crippen LogP) is 3.58. The second-order valence-electron chi connectivity index (χ2n) is 6.91. The second kappa shape index (κ2) is 9.21. The number of amides is 2. The van der Waals surface area contributed by atoms with E-state index >= 15 is 0 Å². The molecule has 144 valence electrons. The molecule has 27 heavy (non-hydrogen) atoms. The Hall–Kier alpha value is -2.82. The number of hydrogen-bond acceptors (Lipinski definition) is 3. The Morgan fingerprint density at radius 2 is 1.59 bits per heavy atom. The third-order valence-corrected chi connectivity index (χ3v) is 4.65. The standard InChI is InChI=1S/C22H28N2O3/c1-5-16-10-6-8-12-18(16)24-21(26)22(2,3)20(25)23-15-14-17-11-7-9-13-19(17)27-4/h6-13H,5,14-15H2,1-4H3,(H,23,25)(H,24,26). The van der Waals surface area contributed by atoms with Crippen molar-refractivity contribution in [3.05, 3.63) is 59.7 Å². The van der Waals surface area contributed by atoms with Gasteiger partial charge in [0.1, 0.15) is 11.2 Å². The van der Waals surface area contributed by atoms with E-state index in [1.807, 2.05) is 55.5 Å². The van der Waals surface area contributed by atoms with Gasteiger partial charge >= 0.3 is 0 Å². The van der Waals surface area contributed by atoms with Gasteiger partial charge in [-0.05, 0) is 49.9 Å². The zero-order chi connectivity index (χ0) is 19.9. The number of ether oxygens (including phenoxy) is 1. The largest absolute Gasteiger partial charge is 0.496 e. The molecular formula is C22H28N2O3. The van der Waals surface area contributed by atoms with Crippen molar-refractivity contribution in [3.63, 3.8) is 0 Å². The van der Waals surface area contributed by atoms with E-state index in [-0.39, 0.29) is 11.8 Å². The van der Waals surface area contributed by atoms with Crippen LogP contribution in [-0.2, 0) is 22.4 Å². The lowest BCUT2D eigenvalue weighted by molar-refractivity contribution is -0.138. The van der Waals surface area contributed by atoms with Crippen molar-refractivity contribution >= 4 is 17.5 Å². The summed E-state index contributed by atoms with van der Waals surface area (Å²) in [4.78, 5) is 25.3. The fraction of sp³-hybridized carbons (Fsp3) is 0.364. The Balaban J connectivity index is 1.96. The number of benzene rings is 2. The van der Waals surface area contributed by atoms with Crippen LogP contribution in [-0.4, -0.2) is 25.5 Å². The minimum absolute atomic E-state index is 0.302. The molecule has 0 aliphatic carbocycles. The molecular weight excluding hydrogens is 340 g/mol. The summed E-state index contributed by atoms with van der Waals surface area (Å²) in [5, 5.41) is 5.75. The van der Waals surface area contributed by atoms with E-state index in [0.29, 0.717) is 13.0 Å². The Morgan fingerprint density at radius 3 is 2.26 bits per heavy atom. The molecule has 0 aliphatic heterocycles. The zero-order valence-electron chi connectivity index (χ0n) is 16.5. The van der Waals surface area contributed by atoms with E-state index in [9.17, 15) is 9.59 Å². The van der Waals surface area contributed by atoms with Crippen LogP contribution >= 0.6 is 0 Å². The van der Waals surface area contributed by atoms with Crippen molar-refractivity contribution in [2.75, 3.05) is 19.0 Å². The Bertz CT molecular complexity index is 800. The summed E-state index contributed by atoms with van der Waals surface area (Å²) in [7, 11) is 1.62. The molecule has 0 aliphatic rings. The van der Waals surface area contributed by atoms with Crippen molar-refractivity contribution in [3.8, 4) is 5.75 Å². The number of hydrogen-bond donors (Lipinski definition) is 2. The zero-order valence-corrected chi connectivity index (χ0v) is 16.5. The maximum atomic E-state index is 12.7. The predicted molar refractivity (Wildman–Crippen MR) is 108 cm³/mol. The second-order valence-corrected chi connectivity index (χ2v) is 6.91. The summed E-state index contributed by atoms with van der Waals surface area (Å²) in [6, 6.07) is 15.3. The van der Waals surface area contributed by atoms with Gasteiger partial charge in [-0.2, -0.15) is 0 Å². The number of nitrogens with one attached hydrogen (secondary N) is 2. The Labute approximate surface area is 161 Å². The maximum Gasteiger partial charge on any atom is 0.239 e. The molecule has 2 aromatic rings. The van der Waals surface area contributed by atoms with Crippen LogP contribution in [0.2, 0.25) is 0 Å². The van der Waals surface area contributed by atoms with Crippen molar-refractivity contribution in [1.29, 1.82) is 0 Å². The third-order valence-electron chi connectivity index (χ3n) is 4.65. The molecule has 0 bridgehead atoms. The molecule has 2 rings (SSSR count). The quantitative estimate of drug-likeness (QED) is 0.700. The van der Waals surface area contributed by atoms with Crippen LogP contribution in [0.3, 0.4) is 0 Å². The van der Waals surface area contributed by atoms with Gasteiger partial charge in [0.05, 0.1) is 7.11 Å². The fourth-order valence-electron chi connectivity index (χ4n) is 2.77. The van der Waals surface area contributed by atoms with E-state index in [2.05, 4.69) is 10.6 Å². The topological polar surface area (TPSA) is 67.4 Å². The number of methoxy groups -OCH3 is 1. The number of carbonyl (C=O) groups is 2. The number of para-hydroxylation sites is 2. The highest BCUT2D eigenvalue weighted by Crippen LogP contribution is 2.22. The van der Waals surface area contributed by atoms with E-state index in [1.165, 1.54) is 0 Å². The number of anilines is 1. The Kier molecular flexibility index (Phi) is 6.99. The van der Waals surface area contributed by atoms with Crippen LogP contribution in [0.1, 0.15) is 31.9 Å². The number of rotatable bonds is 8. The first kappa shape index (κ1) is 20.5. The molecule has 5 nitrogen and oxygen atoms in total. The first-order valence-corrected chi connectivity index (χ1v) is 9.19. The monoisotopic (exact) mass is 368 g/mol. The highest BCUT2D eigenvalue weighted by molar-refractivity contribution is 6.10. The SMILES string of the molecule is CCc1ccccc1NC(=O)C(C)(C)C(=O)NCCc1ccccc1OC. The van der Waals surface area contributed by atoms with E-state index < -0.39 is 5.41 Å². The van der Waals surface area contributed by atoms with E-state index in [1.54, 1.807) is 21.0 Å². The molecule has 0 heterocycles. The van der Waals surface area contributed by atoms with Crippen molar-refractivity contribution in [2.45, 2.75) is 33.6 Å². The molecule has 0 saturated heterocycles. The molecule has 0 aromatic heterocycles. The molecule has 2 amide bonds. The summed E-state index contributed by atoms with van der Waals surface area (Å²) < 4.78 is 5.32. The van der Waals surface area contributed by atoms with Crippen molar-refractivity contribution in [2.24, 2.45) is 5.41 Å².